The third-order valence-corrected chi connectivity index (χ3v) is 6.01. The Labute approximate surface area is 174 Å². The second kappa shape index (κ2) is 8.36. The standard InChI is InChI=1S/C26H31NO2/c1-6-7-14-27-24-12-13-26(4,5)23-15-17(2)21(16-22(23)24)18(3)19-8-10-20(11-9-19)25(28)29/h8-11,15-16H,3,6-7,12-14H2,1-2,4-5H3,(H,28,29). The number of rotatable bonds is 6. The zero-order chi connectivity index (χ0) is 21.2. The van der Waals surface area contributed by atoms with E-state index >= 15 is 0 Å². The number of unbranched alkanes of at least 4 members (excludes halogenated alkanes) is 1. The molecule has 3 rings (SSSR count). The molecule has 2 aromatic carbocycles. The molecule has 2 aromatic rings. The summed E-state index contributed by atoms with van der Waals surface area (Å²) in [4.78, 5) is 16.1. The highest BCUT2D eigenvalue weighted by Crippen LogP contribution is 2.40. The van der Waals surface area contributed by atoms with Crippen LogP contribution in [0.15, 0.2) is 48.0 Å². The summed E-state index contributed by atoms with van der Waals surface area (Å²) in [6, 6.07) is 11.5. The number of benzene rings is 2. The van der Waals surface area contributed by atoms with E-state index in [1.54, 1.807) is 12.1 Å². The monoisotopic (exact) mass is 389 g/mol. The van der Waals surface area contributed by atoms with Gasteiger partial charge in [0.05, 0.1) is 5.56 Å². The van der Waals surface area contributed by atoms with E-state index in [1.165, 1.54) is 22.4 Å². The van der Waals surface area contributed by atoms with Crippen LogP contribution in [-0.4, -0.2) is 23.3 Å². The summed E-state index contributed by atoms with van der Waals surface area (Å²) in [6.45, 7) is 14.2. The van der Waals surface area contributed by atoms with Crippen LogP contribution in [0.2, 0.25) is 0 Å². The molecule has 0 saturated heterocycles. The van der Waals surface area contributed by atoms with Crippen molar-refractivity contribution in [2.45, 2.75) is 58.8 Å². The Morgan fingerprint density at radius 2 is 1.83 bits per heavy atom. The maximum atomic E-state index is 11.1. The van der Waals surface area contributed by atoms with E-state index < -0.39 is 5.97 Å². The van der Waals surface area contributed by atoms with E-state index in [0.29, 0.717) is 0 Å². The molecule has 0 spiro atoms. The molecule has 1 aliphatic rings. The Kier molecular flexibility index (Phi) is 6.07. The minimum Gasteiger partial charge on any atom is -0.478 e. The SMILES string of the molecule is C=C(c1ccc(C(=O)O)cc1)c1cc2c(cc1C)C(C)(C)CCC2=NCCCC. The minimum atomic E-state index is -0.915. The quantitative estimate of drug-likeness (QED) is 0.580. The third kappa shape index (κ3) is 4.34. The van der Waals surface area contributed by atoms with Gasteiger partial charge in [0, 0.05) is 12.3 Å². The molecule has 0 fully saturated rings. The Morgan fingerprint density at radius 3 is 2.45 bits per heavy atom. The normalized spacial score (nSPS) is 16.5. The highest BCUT2D eigenvalue weighted by Gasteiger charge is 2.31. The Morgan fingerprint density at radius 1 is 1.17 bits per heavy atom. The highest BCUT2D eigenvalue weighted by atomic mass is 16.4. The average Bonchev–Trinajstić information content (AvgIpc) is 2.69. The van der Waals surface area contributed by atoms with Gasteiger partial charge in [-0.2, -0.15) is 0 Å². The van der Waals surface area contributed by atoms with Gasteiger partial charge < -0.3 is 5.11 Å². The van der Waals surface area contributed by atoms with Gasteiger partial charge in [-0.25, -0.2) is 4.79 Å². The molecule has 1 N–H and O–H groups in total. The van der Waals surface area contributed by atoms with Gasteiger partial charge in [0.25, 0.3) is 0 Å². The summed E-state index contributed by atoms with van der Waals surface area (Å²) in [5.41, 5.74) is 8.41. The minimum absolute atomic E-state index is 0.132. The summed E-state index contributed by atoms with van der Waals surface area (Å²) in [6.07, 6.45) is 4.38. The van der Waals surface area contributed by atoms with Gasteiger partial charge in [0.15, 0.2) is 0 Å². The molecule has 29 heavy (non-hydrogen) atoms. The van der Waals surface area contributed by atoms with Gasteiger partial charge in [0.1, 0.15) is 0 Å². The molecule has 1 aliphatic carbocycles. The van der Waals surface area contributed by atoms with E-state index in [9.17, 15) is 4.79 Å². The van der Waals surface area contributed by atoms with E-state index in [1.807, 2.05) is 12.1 Å². The largest absolute Gasteiger partial charge is 0.478 e. The molecule has 152 valence electrons. The molecule has 3 nitrogen and oxygen atoms in total. The lowest BCUT2D eigenvalue weighted by Gasteiger charge is -2.34. The van der Waals surface area contributed by atoms with Crippen LogP contribution in [0.5, 0.6) is 0 Å². The summed E-state index contributed by atoms with van der Waals surface area (Å²) in [5.74, 6) is -0.915. The summed E-state index contributed by atoms with van der Waals surface area (Å²) >= 11 is 0. The first-order chi connectivity index (χ1) is 13.7. The molecule has 3 heteroatoms. The van der Waals surface area contributed by atoms with Gasteiger partial charge in [-0.15, -0.1) is 0 Å². The van der Waals surface area contributed by atoms with Gasteiger partial charge >= 0.3 is 5.97 Å². The van der Waals surface area contributed by atoms with Crippen molar-refractivity contribution in [3.8, 4) is 0 Å². The van der Waals surface area contributed by atoms with E-state index in [2.05, 4.69) is 46.4 Å². The number of hydrogen-bond acceptors (Lipinski definition) is 2. The number of aryl methyl sites for hydroxylation is 1. The van der Waals surface area contributed by atoms with Gasteiger partial charge in [-0.3, -0.25) is 4.99 Å². The van der Waals surface area contributed by atoms with Crippen LogP contribution in [0.25, 0.3) is 5.57 Å². The molecule has 0 aliphatic heterocycles. The fraction of sp³-hybridized carbons (Fsp3) is 0.385. The molecule has 0 bridgehead atoms. The lowest BCUT2D eigenvalue weighted by Crippen LogP contribution is -2.28. The average molecular weight is 390 g/mol. The molecule has 0 saturated carbocycles. The number of hydrogen-bond donors (Lipinski definition) is 1. The van der Waals surface area contributed by atoms with Crippen molar-refractivity contribution in [1.82, 2.24) is 0 Å². The number of carboxylic acids is 1. The molecule has 0 heterocycles. The lowest BCUT2D eigenvalue weighted by atomic mass is 9.70. The number of carbonyl (C=O) groups is 1. The first-order valence-electron chi connectivity index (χ1n) is 10.5. The maximum absolute atomic E-state index is 11.1. The van der Waals surface area contributed by atoms with Crippen LogP contribution < -0.4 is 0 Å². The fourth-order valence-corrected chi connectivity index (χ4v) is 4.04. The van der Waals surface area contributed by atoms with Crippen LogP contribution >= 0.6 is 0 Å². The molecule has 0 unspecified atom stereocenters. The van der Waals surface area contributed by atoms with Crippen molar-refractivity contribution in [1.29, 1.82) is 0 Å². The van der Waals surface area contributed by atoms with E-state index in [0.717, 1.165) is 48.9 Å². The van der Waals surface area contributed by atoms with Crippen LogP contribution in [0.1, 0.15) is 84.6 Å². The number of nitrogens with zero attached hydrogens (tertiary/aromatic N) is 1. The molecule has 0 radical (unpaired) electrons. The van der Waals surface area contributed by atoms with E-state index in [4.69, 9.17) is 10.1 Å². The maximum Gasteiger partial charge on any atom is 0.335 e. The van der Waals surface area contributed by atoms with Crippen molar-refractivity contribution in [2.24, 2.45) is 4.99 Å². The van der Waals surface area contributed by atoms with Gasteiger partial charge in [-0.05, 0) is 83.2 Å². The van der Waals surface area contributed by atoms with Crippen LogP contribution in [-0.2, 0) is 5.41 Å². The van der Waals surface area contributed by atoms with Gasteiger partial charge in [-0.1, -0.05) is 52.0 Å². The fourth-order valence-electron chi connectivity index (χ4n) is 4.04. The van der Waals surface area contributed by atoms with Crippen LogP contribution in [0, 0.1) is 6.92 Å². The first kappa shape index (κ1) is 21.0. The second-order valence-corrected chi connectivity index (χ2v) is 8.64. The molecular formula is C26H31NO2. The topological polar surface area (TPSA) is 49.7 Å². The molecule has 0 aromatic heterocycles. The van der Waals surface area contributed by atoms with Crippen molar-refractivity contribution >= 4 is 17.3 Å². The molecule has 0 amide bonds. The molecule has 0 atom stereocenters. The van der Waals surface area contributed by atoms with E-state index in [-0.39, 0.29) is 11.0 Å². The van der Waals surface area contributed by atoms with Gasteiger partial charge in [0.2, 0.25) is 0 Å². The van der Waals surface area contributed by atoms with Crippen molar-refractivity contribution in [3.63, 3.8) is 0 Å². The lowest BCUT2D eigenvalue weighted by molar-refractivity contribution is 0.0697. The number of fused-ring (bicyclic) bond motifs is 1. The smallest absolute Gasteiger partial charge is 0.335 e. The Bertz CT molecular complexity index is 965. The highest BCUT2D eigenvalue weighted by molar-refractivity contribution is 6.04. The zero-order valence-corrected chi connectivity index (χ0v) is 18.0. The predicted molar refractivity (Wildman–Crippen MR) is 121 cm³/mol. The summed E-state index contributed by atoms with van der Waals surface area (Å²) in [7, 11) is 0. The number of carboxylic acid groups (broad SMARTS) is 1. The first-order valence-corrected chi connectivity index (χ1v) is 10.5. The van der Waals surface area contributed by atoms with Crippen molar-refractivity contribution < 1.29 is 9.90 Å². The Balaban J connectivity index is 2.04. The van der Waals surface area contributed by atoms with Crippen LogP contribution in [0.3, 0.4) is 0 Å². The summed E-state index contributed by atoms with van der Waals surface area (Å²) < 4.78 is 0. The third-order valence-electron chi connectivity index (χ3n) is 6.01. The van der Waals surface area contributed by atoms with Crippen LogP contribution in [0.4, 0.5) is 0 Å². The predicted octanol–water partition coefficient (Wildman–Crippen LogP) is 6.42. The number of aromatic carboxylic acids is 1. The zero-order valence-electron chi connectivity index (χ0n) is 18.0. The van der Waals surface area contributed by atoms with Crippen molar-refractivity contribution in [2.75, 3.05) is 6.54 Å². The number of aliphatic imine (C=N–C) groups is 1. The summed E-state index contributed by atoms with van der Waals surface area (Å²) in [5, 5.41) is 9.14. The second-order valence-electron chi connectivity index (χ2n) is 8.64. The Hall–Kier alpha value is -2.68. The van der Waals surface area contributed by atoms with Crippen molar-refractivity contribution in [3.05, 3.63) is 76.4 Å². The molecular weight excluding hydrogens is 358 g/mol.